The van der Waals surface area contributed by atoms with Crippen molar-refractivity contribution in [2.75, 3.05) is 13.1 Å². The number of amides is 2. The number of nitrogens with one attached hydrogen (secondary N) is 2. The van der Waals surface area contributed by atoms with Crippen LogP contribution in [0, 0.1) is 11.3 Å². The Labute approximate surface area is 77.1 Å². The SMILES string of the molecule is CCCNC(=O)CNC(=O)CC#N. The van der Waals surface area contributed by atoms with E-state index in [9.17, 15) is 9.59 Å². The first-order valence-electron chi connectivity index (χ1n) is 4.11. The average Bonchev–Trinajstić information content (AvgIpc) is 2.12. The molecule has 2 amide bonds. The summed E-state index contributed by atoms with van der Waals surface area (Å²) in [5.74, 6) is -0.651. The van der Waals surface area contributed by atoms with Crippen LogP contribution in [-0.2, 0) is 9.59 Å². The van der Waals surface area contributed by atoms with E-state index in [-0.39, 0.29) is 18.9 Å². The van der Waals surface area contributed by atoms with Gasteiger partial charge in [-0.05, 0) is 6.42 Å². The lowest BCUT2D eigenvalue weighted by Crippen LogP contribution is -2.36. The second-order valence-electron chi connectivity index (χ2n) is 2.46. The van der Waals surface area contributed by atoms with Crippen LogP contribution in [0.1, 0.15) is 19.8 Å². The van der Waals surface area contributed by atoms with Crippen LogP contribution in [0.2, 0.25) is 0 Å². The standard InChI is InChI=1S/C8H13N3O2/c1-2-5-10-8(13)6-11-7(12)3-4-9/h2-3,5-6H2,1H3,(H,10,13)(H,11,12). The van der Waals surface area contributed by atoms with Crippen LogP contribution < -0.4 is 10.6 Å². The molecule has 0 saturated carbocycles. The zero-order valence-electron chi connectivity index (χ0n) is 7.59. The smallest absolute Gasteiger partial charge is 0.239 e. The van der Waals surface area contributed by atoms with Gasteiger partial charge in [-0.2, -0.15) is 5.26 Å². The first-order valence-corrected chi connectivity index (χ1v) is 4.11. The number of hydrogen-bond acceptors (Lipinski definition) is 3. The number of hydrogen-bond donors (Lipinski definition) is 2. The van der Waals surface area contributed by atoms with E-state index in [2.05, 4.69) is 10.6 Å². The highest BCUT2D eigenvalue weighted by atomic mass is 16.2. The minimum absolute atomic E-state index is 0.0550. The fourth-order valence-electron chi connectivity index (χ4n) is 0.640. The Bertz CT molecular complexity index is 220. The van der Waals surface area contributed by atoms with E-state index in [4.69, 9.17) is 5.26 Å². The zero-order valence-corrected chi connectivity index (χ0v) is 7.59. The molecule has 2 N–H and O–H groups in total. The molecule has 0 aliphatic rings. The maximum absolute atomic E-state index is 10.9. The number of nitrogens with zero attached hydrogens (tertiary/aromatic N) is 1. The number of nitriles is 1. The highest BCUT2D eigenvalue weighted by Crippen LogP contribution is 1.75. The molecule has 0 aliphatic heterocycles. The van der Waals surface area contributed by atoms with Crippen molar-refractivity contribution in [3.05, 3.63) is 0 Å². The molecule has 0 aliphatic carbocycles. The summed E-state index contributed by atoms with van der Waals surface area (Å²) in [6.45, 7) is 2.49. The lowest BCUT2D eigenvalue weighted by Gasteiger charge is -2.03. The van der Waals surface area contributed by atoms with Gasteiger partial charge in [-0.1, -0.05) is 6.92 Å². The van der Waals surface area contributed by atoms with Crippen LogP contribution in [0.3, 0.4) is 0 Å². The van der Waals surface area contributed by atoms with Crippen molar-refractivity contribution in [2.24, 2.45) is 0 Å². The van der Waals surface area contributed by atoms with Crippen molar-refractivity contribution >= 4 is 11.8 Å². The Morgan fingerprint density at radius 1 is 1.31 bits per heavy atom. The molecule has 13 heavy (non-hydrogen) atoms. The molecule has 0 radical (unpaired) electrons. The van der Waals surface area contributed by atoms with Gasteiger partial charge in [0.2, 0.25) is 11.8 Å². The van der Waals surface area contributed by atoms with Gasteiger partial charge in [0, 0.05) is 6.54 Å². The van der Waals surface area contributed by atoms with Crippen molar-refractivity contribution < 1.29 is 9.59 Å². The average molecular weight is 183 g/mol. The Kier molecular flexibility index (Phi) is 6.24. The third kappa shape index (κ3) is 6.81. The minimum Gasteiger partial charge on any atom is -0.355 e. The molecular weight excluding hydrogens is 170 g/mol. The summed E-state index contributed by atoms with van der Waals surface area (Å²) >= 11 is 0. The van der Waals surface area contributed by atoms with Crippen LogP contribution in [0.15, 0.2) is 0 Å². The van der Waals surface area contributed by atoms with Crippen molar-refractivity contribution in [2.45, 2.75) is 19.8 Å². The molecule has 0 heterocycles. The van der Waals surface area contributed by atoms with Crippen LogP contribution in [0.25, 0.3) is 0 Å². The van der Waals surface area contributed by atoms with Crippen molar-refractivity contribution in [3.8, 4) is 6.07 Å². The largest absolute Gasteiger partial charge is 0.355 e. The maximum atomic E-state index is 10.9. The van der Waals surface area contributed by atoms with E-state index in [0.29, 0.717) is 6.54 Å². The van der Waals surface area contributed by atoms with E-state index in [0.717, 1.165) is 6.42 Å². The van der Waals surface area contributed by atoms with Crippen molar-refractivity contribution in [1.82, 2.24) is 10.6 Å². The summed E-state index contributed by atoms with van der Waals surface area (Å²) in [6.07, 6.45) is 0.652. The summed E-state index contributed by atoms with van der Waals surface area (Å²) in [5.41, 5.74) is 0. The highest BCUT2D eigenvalue weighted by Gasteiger charge is 2.02. The van der Waals surface area contributed by atoms with Gasteiger partial charge in [0.15, 0.2) is 0 Å². The fraction of sp³-hybridized carbons (Fsp3) is 0.625. The van der Waals surface area contributed by atoms with E-state index >= 15 is 0 Å². The summed E-state index contributed by atoms with van der Waals surface area (Å²) in [7, 11) is 0. The number of rotatable bonds is 5. The minimum atomic E-state index is -0.422. The van der Waals surface area contributed by atoms with Gasteiger partial charge in [0.05, 0.1) is 12.6 Å². The Hall–Kier alpha value is -1.57. The molecule has 72 valence electrons. The molecule has 0 saturated heterocycles. The molecule has 0 aromatic heterocycles. The molecular formula is C8H13N3O2. The van der Waals surface area contributed by atoms with Gasteiger partial charge >= 0.3 is 0 Å². The summed E-state index contributed by atoms with van der Waals surface area (Å²) < 4.78 is 0. The van der Waals surface area contributed by atoms with Crippen LogP contribution >= 0.6 is 0 Å². The van der Waals surface area contributed by atoms with E-state index in [1.807, 2.05) is 6.92 Å². The Morgan fingerprint density at radius 2 is 2.00 bits per heavy atom. The monoisotopic (exact) mass is 183 g/mol. The maximum Gasteiger partial charge on any atom is 0.239 e. The third-order valence-electron chi connectivity index (χ3n) is 1.26. The van der Waals surface area contributed by atoms with Gasteiger partial charge in [0.25, 0.3) is 0 Å². The van der Waals surface area contributed by atoms with Crippen LogP contribution in [0.5, 0.6) is 0 Å². The second-order valence-corrected chi connectivity index (χ2v) is 2.46. The molecule has 0 atom stereocenters. The predicted octanol–water partition coefficient (Wildman–Crippen LogP) is -0.458. The van der Waals surface area contributed by atoms with Crippen molar-refractivity contribution in [1.29, 1.82) is 5.26 Å². The van der Waals surface area contributed by atoms with Gasteiger partial charge in [-0.3, -0.25) is 9.59 Å². The fourth-order valence-corrected chi connectivity index (χ4v) is 0.640. The molecule has 0 bridgehead atoms. The number of carbonyl (C=O) groups excluding carboxylic acids is 2. The van der Waals surface area contributed by atoms with Crippen LogP contribution in [-0.4, -0.2) is 24.9 Å². The van der Waals surface area contributed by atoms with Gasteiger partial charge in [0.1, 0.15) is 6.42 Å². The molecule has 0 rings (SSSR count). The Balaban J connectivity index is 3.47. The Morgan fingerprint density at radius 3 is 2.54 bits per heavy atom. The normalized spacial score (nSPS) is 8.62. The van der Waals surface area contributed by atoms with E-state index in [1.165, 1.54) is 0 Å². The first kappa shape index (κ1) is 11.4. The quantitative estimate of drug-likeness (QED) is 0.605. The lowest BCUT2D eigenvalue weighted by molar-refractivity contribution is -0.125. The summed E-state index contributed by atoms with van der Waals surface area (Å²) in [4.78, 5) is 21.6. The summed E-state index contributed by atoms with van der Waals surface area (Å²) in [5, 5.41) is 13.0. The van der Waals surface area contributed by atoms with E-state index < -0.39 is 5.91 Å². The van der Waals surface area contributed by atoms with E-state index in [1.54, 1.807) is 6.07 Å². The summed E-state index contributed by atoms with van der Waals surface area (Å²) in [6, 6.07) is 1.69. The molecule has 0 spiro atoms. The molecule has 5 nitrogen and oxygen atoms in total. The number of carbonyl (C=O) groups is 2. The van der Waals surface area contributed by atoms with Gasteiger partial charge in [-0.25, -0.2) is 0 Å². The first-order chi connectivity index (χ1) is 6.20. The molecule has 0 aromatic carbocycles. The highest BCUT2D eigenvalue weighted by molar-refractivity contribution is 5.85. The molecule has 5 heteroatoms. The molecule has 0 aromatic rings. The van der Waals surface area contributed by atoms with Crippen molar-refractivity contribution in [3.63, 3.8) is 0 Å². The molecule has 0 fully saturated rings. The van der Waals surface area contributed by atoms with Crippen LogP contribution in [0.4, 0.5) is 0 Å². The topological polar surface area (TPSA) is 82.0 Å². The van der Waals surface area contributed by atoms with Gasteiger partial charge < -0.3 is 10.6 Å². The second kappa shape index (κ2) is 7.10. The lowest BCUT2D eigenvalue weighted by atomic mass is 10.4. The van der Waals surface area contributed by atoms with Gasteiger partial charge in [-0.15, -0.1) is 0 Å². The third-order valence-corrected chi connectivity index (χ3v) is 1.26. The zero-order chi connectivity index (χ0) is 10.1. The molecule has 0 unspecified atom stereocenters. The predicted molar refractivity (Wildman–Crippen MR) is 46.5 cm³/mol.